The molecular formula is C15H30ClN3O. The van der Waals surface area contributed by atoms with Crippen LogP contribution in [0.15, 0.2) is 0 Å². The minimum absolute atomic E-state index is 0. The van der Waals surface area contributed by atoms with Crippen molar-refractivity contribution in [2.75, 3.05) is 39.3 Å². The summed E-state index contributed by atoms with van der Waals surface area (Å²) in [5.41, 5.74) is 5.48. The zero-order valence-electron chi connectivity index (χ0n) is 12.6. The summed E-state index contributed by atoms with van der Waals surface area (Å²) >= 11 is 0. The van der Waals surface area contributed by atoms with Gasteiger partial charge in [-0.3, -0.25) is 4.79 Å². The summed E-state index contributed by atoms with van der Waals surface area (Å²) < 4.78 is 0. The van der Waals surface area contributed by atoms with E-state index in [2.05, 4.69) is 4.90 Å². The number of carbonyl (C=O) groups is 1. The summed E-state index contributed by atoms with van der Waals surface area (Å²) in [6.45, 7) is 6.07. The number of rotatable bonds is 4. The minimum Gasteiger partial charge on any atom is -0.342 e. The van der Waals surface area contributed by atoms with Gasteiger partial charge in [-0.25, -0.2) is 0 Å². The van der Waals surface area contributed by atoms with Crippen LogP contribution in [0.5, 0.6) is 0 Å². The number of nitrogens with two attached hydrogens (primary N) is 1. The Balaban J connectivity index is 0.00000200. The minimum atomic E-state index is 0. The maximum absolute atomic E-state index is 11.9. The van der Waals surface area contributed by atoms with Crippen LogP contribution in [0.25, 0.3) is 0 Å². The summed E-state index contributed by atoms with van der Waals surface area (Å²) in [5.74, 6) is 0.927. The SMILES string of the molecule is Cl.NCCC(=O)N1CCCC(CN2CCCCCC2)C1. The Morgan fingerprint density at radius 2 is 1.75 bits per heavy atom. The van der Waals surface area contributed by atoms with E-state index in [-0.39, 0.29) is 18.3 Å². The van der Waals surface area contributed by atoms with Crippen molar-refractivity contribution < 1.29 is 4.79 Å². The van der Waals surface area contributed by atoms with Gasteiger partial charge in [-0.1, -0.05) is 12.8 Å². The van der Waals surface area contributed by atoms with Gasteiger partial charge in [-0.05, 0) is 44.7 Å². The Morgan fingerprint density at radius 1 is 1.05 bits per heavy atom. The molecule has 0 saturated carbocycles. The molecule has 1 amide bonds. The molecular weight excluding hydrogens is 274 g/mol. The van der Waals surface area contributed by atoms with Crippen LogP contribution in [0, 0.1) is 5.92 Å². The van der Waals surface area contributed by atoms with Crippen LogP contribution in [-0.4, -0.2) is 55.0 Å². The topological polar surface area (TPSA) is 49.6 Å². The van der Waals surface area contributed by atoms with E-state index in [4.69, 9.17) is 5.73 Å². The number of piperidine rings is 1. The van der Waals surface area contributed by atoms with E-state index < -0.39 is 0 Å². The van der Waals surface area contributed by atoms with Crippen molar-refractivity contribution in [2.24, 2.45) is 11.7 Å². The van der Waals surface area contributed by atoms with Crippen LogP contribution < -0.4 is 5.73 Å². The monoisotopic (exact) mass is 303 g/mol. The first-order chi connectivity index (χ1) is 9.29. The van der Waals surface area contributed by atoms with Crippen LogP contribution in [-0.2, 0) is 4.79 Å². The molecule has 2 aliphatic heterocycles. The van der Waals surface area contributed by atoms with Gasteiger partial charge in [0.25, 0.3) is 0 Å². The normalized spacial score (nSPS) is 24.9. The highest BCUT2D eigenvalue weighted by Crippen LogP contribution is 2.20. The predicted molar refractivity (Wildman–Crippen MR) is 85.1 cm³/mol. The lowest BCUT2D eigenvalue weighted by Gasteiger charge is -2.35. The van der Waals surface area contributed by atoms with Gasteiger partial charge in [0, 0.05) is 32.6 Å². The van der Waals surface area contributed by atoms with Crippen molar-refractivity contribution >= 4 is 18.3 Å². The lowest BCUT2D eigenvalue weighted by molar-refractivity contribution is -0.132. The van der Waals surface area contributed by atoms with Crippen LogP contribution in [0.1, 0.15) is 44.9 Å². The highest BCUT2D eigenvalue weighted by atomic mass is 35.5. The molecule has 1 atom stereocenters. The van der Waals surface area contributed by atoms with E-state index in [1.54, 1.807) is 0 Å². The van der Waals surface area contributed by atoms with Gasteiger partial charge in [0.2, 0.25) is 5.91 Å². The Morgan fingerprint density at radius 3 is 2.40 bits per heavy atom. The lowest BCUT2D eigenvalue weighted by Crippen LogP contribution is -2.44. The van der Waals surface area contributed by atoms with Crippen molar-refractivity contribution in [1.82, 2.24) is 9.80 Å². The molecule has 0 radical (unpaired) electrons. The zero-order chi connectivity index (χ0) is 13.5. The van der Waals surface area contributed by atoms with E-state index in [0.717, 1.165) is 19.5 Å². The molecule has 2 rings (SSSR count). The molecule has 0 bridgehead atoms. The van der Waals surface area contributed by atoms with Gasteiger partial charge >= 0.3 is 0 Å². The number of nitrogens with zero attached hydrogens (tertiary/aromatic N) is 2. The Hall–Kier alpha value is -0.320. The molecule has 2 N–H and O–H groups in total. The molecule has 118 valence electrons. The van der Waals surface area contributed by atoms with E-state index >= 15 is 0 Å². The van der Waals surface area contributed by atoms with Crippen LogP contribution >= 0.6 is 12.4 Å². The highest BCUT2D eigenvalue weighted by Gasteiger charge is 2.24. The first-order valence-electron chi connectivity index (χ1n) is 8.00. The second kappa shape index (κ2) is 9.59. The van der Waals surface area contributed by atoms with Crippen molar-refractivity contribution in [2.45, 2.75) is 44.9 Å². The van der Waals surface area contributed by atoms with Crippen LogP contribution in [0.3, 0.4) is 0 Å². The Labute approximate surface area is 129 Å². The summed E-state index contributed by atoms with van der Waals surface area (Å²) in [5, 5.41) is 0. The molecule has 0 aromatic heterocycles. The molecule has 20 heavy (non-hydrogen) atoms. The van der Waals surface area contributed by atoms with Gasteiger partial charge in [0.15, 0.2) is 0 Å². The van der Waals surface area contributed by atoms with Crippen molar-refractivity contribution in [3.8, 4) is 0 Å². The molecule has 0 aliphatic carbocycles. The number of likely N-dealkylation sites (tertiary alicyclic amines) is 2. The predicted octanol–water partition coefficient (Wildman–Crippen LogP) is 1.87. The number of halogens is 1. The molecule has 2 saturated heterocycles. The summed E-state index contributed by atoms with van der Waals surface area (Å²) in [4.78, 5) is 16.6. The number of amides is 1. The third-order valence-electron chi connectivity index (χ3n) is 4.44. The summed E-state index contributed by atoms with van der Waals surface area (Å²) in [6.07, 6.45) is 8.43. The molecule has 2 aliphatic rings. The zero-order valence-corrected chi connectivity index (χ0v) is 13.4. The van der Waals surface area contributed by atoms with Gasteiger partial charge in [-0.2, -0.15) is 0 Å². The molecule has 4 nitrogen and oxygen atoms in total. The van der Waals surface area contributed by atoms with E-state index in [0.29, 0.717) is 18.9 Å². The third-order valence-corrected chi connectivity index (χ3v) is 4.44. The van der Waals surface area contributed by atoms with Crippen molar-refractivity contribution in [3.63, 3.8) is 0 Å². The van der Waals surface area contributed by atoms with E-state index in [1.807, 2.05) is 4.90 Å². The van der Waals surface area contributed by atoms with E-state index in [1.165, 1.54) is 51.7 Å². The second-order valence-electron chi connectivity index (χ2n) is 6.10. The second-order valence-corrected chi connectivity index (χ2v) is 6.10. The van der Waals surface area contributed by atoms with Crippen molar-refractivity contribution in [1.29, 1.82) is 0 Å². The van der Waals surface area contributed by atoms with E-state index in [9.17, 15) is 4.79 Å². The Bertz CT molecular complexity index is 280. The smallest absolute Gasteiger partial charge is 0.223 e. The Kier molecular flexibility index (Phi) is 8.50. The van der Waals surface area contributed by atoms with Crippen molar-refractivity contribution in [3.05, 3.63) is 0 Å². The third kappa shape index (κ3) is 5.58. The average Bonchev–Trinajstić information content (AvgIpc) is 2.68. The molecule has 0 aromatic rings. The first kappa shape index (κ1) is 17.7. The molecule has 5 heteroatoms. The first-order valence-corrected chi connectivity index (χ1v) is 8.00. The molecule has 0 spiro atoms. The standard InChI is InChI=1S/C15H29N3O.ClH/c16-8-7-15(19)18-11-5-6-14(13-18)12-17-9-3-1-2-4-10-17;/h14H,1-13,16H2;1H. The molecule has 1 unspecified atom stereocenters. The maximum Gasteiger partial charge on any atom is 0.223 e. The van der Waals surface area contributed by atoms with Crippen LogP contribution in [0.2, 0.25) is 0 Å². The highest BCUT2D eigenvalue weighted by molar-refractivity contribution is 5.85. The van der Waals surface area contributed by atoms with Crippen LogP contribution in [0.4, 0.5) is 0 Å². The quantitative estimate of drug-likeness (QED) is 0.862. The number of hydrogen-bond acceptors (Lipinski definition) is 3. The summed E-state index contributed by atoms with van der Waals surface area (Å²) in [6, 6.07) is 0. The van der Waals surface area contributed by atoms with Gasteiger partial charge < -0.3 is 15.5 Å². The molecule has 2 heterocycles. The molecule has 0 aromatic carbocycles. The summed E-state index contributed by atoms with van der Waals surface area (Å²) in [7, 11) is 0. The fourth-order valence-corrected chi connectivity index (χ4v) is 3.41. The average molecular weight is 304 g/mol. The molecule has 2 fully saturated rings. The number of carbonyl (C=O) groups excluding carboxylic acids is 1. The van der Waals surface area contributed by atoms with Gasteiger partial charge in [-0.15, -0.1) is 12.4 Å². The van der Waals surface area contributed by atoms with Gasteiger partial charge in [0.1, 0.15) is 0 Å². The fourth-order valence-electron chi connectivity index (χ4n) is 3.41. The lowest BCUT2D eigenvalue weighted by atomic mass is 9.97. The fraction of sp³-hybridized carbons (Fsp3) is 0.933. The maximum atomic E-state index is 11.9. The number of hydrogen-bond donors (Lipinski definition) is 1. The largest absolute Gasteiger partial charge is 0.342 e. The van der Waals surface area contributed by atoms with Gasteiger partial charge in [0.05, 0.1) is 0 Å².